The van der Waals surface area contributed by atoms with Crippen molar-refractivity contribution < 1.29 is 44.3 Å². The Morgan fingerprint density at radius 3 is 2.25 bits per heavy atom. The number of halogens is 1. The summed E-state index contributed by atoms with van der Waals surface area (Å²) in [6.07, 6.45) is 0. The highest BCUT2D eigenvalue weighted by molar-refractivity contribution is 7.94. The number of benzene rings is 5. The number of nitrogens with zero attached hydrogens (tertiary/aromatic N) is 8. The van der Waals surface area contributed by atoms with Gasteiger partial charge >= 0.3 is 0 Å². The third kappa shape index (κ3) is 10.1. The van der Waals surface area contributed by atoms with Gasteiger partial charge < -0.3 is 26.4 Å². The van der Waals surface area contributed by atoms with E-state index in [-0.39, 0.29) is 67.0 Å². The SMILES string of the molecule is C=CS(=O)(=O)c1cccc(N(C)c2nc(Cl)nc(Nc3ccc(N=Nc4ccc(N=Nc5c(N)ccc6cc(S(=O)(=O)O)cc(O)c56)c(S(=O)(=O)O)c4)c(NC(C)=O)c3)n2)c1. The third-order valence-electron chi connectivity index (χ3n) is 8.34. The van der Waals surface area contributed by atoms with Crippen LogP contribution in [-0.2, 0) is 34.9 Å². The van der Waals surface area contributed by atoms with E-state index in [9.17, 15) is 44.3 Å². The molecule has 0 aliphatic rings. The molecule has 21 nitrogen and oxygen atoms in total. The molecule has 0 spiro atoms. The van der Waals surface area contributed by atoms with Crippen molar-refractivity contribution in [2.75, 3.05) is 28.3 Å². The monoisotopic (exact) mass is 907 g/mol. The van der Waals surface area contributed by atoms with Crippen LogP contribution >= 0.6 is 11.6 Å². The molecule has 0 fully saturated rings. The van der Waals surface area contributed by atoms with Crippen molar-refractivity contribution in [1.29, 1.82) is 0 Å². The number of sulfone groups is 1. The number of carbonyl (C=O) groups is 1. The molecule has 0 saturated carbocycles. The van der Waals surface area contributed by atoms with Crippen LogP contribution in [-0.4, -0.2) is 67.4 Å². The van der Waals surface area contributed by atoms with Crippen molar-refractivity contribution in [1.82, 2.24) is 15.0 Å². The summed E-state index contributed by atoms with van der Waals surface area (Å²) < 4.78 is 92.4. The quantitative estimate of drug-likeness (QED) is 0.0367. The second kappa shape index (κ2) is 17.0. The molecule has 1 amide bonds. The van der Waals surface area contributed by atoms with Crippen LogP contribution in [0.1, 0.15) is 6.92 Å². The molecule has 6 aromatic rings. The van der Waals surface area contributed by atoms with Gasteiger partial charge in [0.2, 0.25) is 23.1 Å². The number of phenolic OH excluding ortho intramolecular Hbond substituents is 1. The summed E-state index contributed by atoms with van der Waals surface area (Å²) in [6.45, 7) is 4.60. The zero-order chi connectivity index (χ0) is 44.4. The van der Waals surface area contributed by atoms with Crippen molar-refractivity contribution in [2.45, 2.75) is 21.6 Å². The lowest BCUT2D eigenvalue weighted by Crippen LogP contribution is -2.15. The van der Waals surface area contributed by atoms with E-state index in [0.717, 1.165) is 29.7 Å². The van der Waals surface area contributed by atoms with Gasteiger partial charge in [0.25, 0.3) is 20.2 Å². The number of aromatic hydroxyl groups is 1. The maximum Gasteiger partial charge on any atom is 0.296 e. The number of amides is 1. The van der Waals surface area contributed by atoms with Gasteiger partial charge in [-0.25, -0.2) is 8.42 Å². The molecule has 61 heavy (non-hydrogen) atoms. The Labute approximate surface area is 351 Å². The fourth-order valence-electron chi connectivity index (χ4n) is 5.49. The molecule has 25 heteroatoms. The number of nitrogen functional groups attached to an aromatic ring is 1. The first-order valence-electron chi connectivity index (χ1n) is 16.9. The number of anilines is 6. The topological polar surface area (TPSA) is 322 Å². The van der Waals surface area contributed by atoms with E-state index < -0.39 is 51.5 Å². The second-order valence-corrected chi connectivity index (χ2v) is 17.6. The first-order chi connectivity index (χ1) is 28.6. The van der Waals surface area contributed by atoms with Gasteiger partial charge in [-0.2, -0.15) is 36.9 Å². The molecule has 0 bridgehead atoms. The van der Waals surface area contributed by atoms with Gasteiger partial charge in [0.05, 0.1) is 32.2 Å². The smallest absolute Gasteiger partial charge is 0.296 e. The summed E-state index contributed by atoms with van der Waals surface area (Å²) in [4.78, 5) is 24.9. The van der Waals surface area contributed by atoms with Gasteiger partial charge in [0.1, 0.15) is 27.7 Å². The lowest BCUT2D eigenvalue weighted by Gasteiger charge is -2.18. The zero-order valence-electron chi connectivity index (χ0n) is 31.3. The van der Waals surface area contributed by atoms with Gasteiger partial charge in [-0.05, 0) is 83.7 Å². The number of fused-ring (bicyclic) bond motifs is 1. The van der Waals surface area contributed by atoms with Crippen LogP contribution in [0, 0.1) is 0 Å². The number of nitrogens with one attached hydrogen (secondary N) is 2. The molecule has 7 N–H and O–H groups in total. The van der Waals surface area contributed by atoms with Gasteiger partial charge in [-0.3, -0.25) is 13.9 Å². The van der Waals surface area contributed by atoms with Crippen LogP contribution in [0.25, 0.3) is 10.8 Å². The standard InChI is InChI=1S/C36H30ClN11O10S3/c1-4-59(51,52)24-7-5-6-23(17-24)48(3)36-42-34(37)41-35(43-36)40-21-9-12-27(29(15-21)39-19(2)49)45-44-22-10-13-28(31(16-22)61(56,57)58)46-47-33-26(38)11-8-20-14-25(60(53,54)55)18-30(50)32(20)33/h4-18,50H,1,38H2,2-3H3,(H,39,49)(H,53,54,55)(H,56,57,58)(H,40,41,42,43). The maximum atomic E-state index is 12.5. The third-order valence-corrected chi connectivity index (χ3v) is 11.6. The van der Waals surface area contributed by atoms with Crippen molar-refractivity contribution in [3.8, 4) is 5.75 Å². The largest absolute Gasteiger partial charge is 0.507 e. The Morgan fingerprint density at radius 1 is 0.836 bits per heavy atom. The highest BCUT2D eigenvalue weighted by atomic mass is 35.5. The number of aromatic nitrogens is 3. The first-order valence-corrected chi connectivity index (χ1v) is 21.7. The average Bonchev–Trinajstić information content (AvgIpc) is 3.19. The highest BCUT2D eigenvalue weighted by Crippen LogP contribution is 2.41. The summed E-state index contributed by atoms with van der Waals surface area (Å²) in [7, 11) is -11.8. The summed E-state index contributed by atoms with van der Waals surface area (Å²) in [5, 5.41) is 33.0. The fraction of sp³-hybridized carbons (Fsp3) is 0.0556. The van der Waals surface area contributed by atoms with Crippen molar-refractivity contribution >= 4 is 116 Å². The minimum absolute atomic E-state index is 0.00118. The van der Waals surface area contributed by atoms with Crippen molar-refractivity contribution in [3.63, 3.8) is 0 Å². The second-order valence-electron chi connectivity index (χ2n) is 12.6. The van der Waals surface area contributed by atoms with E-state index in [1.165, 1.54) is 66.4 Å². The molecular formula is C36H30ClN11O10S3. The van der Waals surface area contributed by atoms with Gasteiger partial charge in [-0.15, -0.1) is 15.3 Å². The maximum absolute atomic E-state index is 12.5. The molecule has 1 heterocycles. The summed E-state index contributed by atoms with van der Waals surface area (Å²) in [5.41, 5.74) is 6.33. The minimum atomic E-state index is -4.97. The number of rotatable bonds is 13. The predicted octanol–water partition coefficient (Wildman–Crippen LogP) is 7.68. The molecule has 6 rings (SSSR count). The van der Waals surface area contributed by atoms with E-state index in [0.29, 0.717) is 11.4 Å². The molecule has 314 valence electrons. The Bertz CT molecular complexity index is 3190. The number of azo groups is 2. The Kier molecular flexibility index (Phi) is 12.1. The van der Waals surface area contributed by atoms with E-state index in [2.05, 4.69) is 52.6 Å². The number of phenols is 1. The molecule has 0 aliphatic heterocycles. The Balaban J connectivity index is 1.28. The summed E-state index contributed by atoms with van der Waals surface area (Å²) >= 11 is 6.22. The van der Waals surface area contributed by atoms with Crippen LogP contribution in [0.2, 0.25) is 5.28 Å². The summed E-state index contributed by atoms with van der Waals surface area (Å²) in [5.74, 6) is -1.09. The van der Waals surface area contributed by atoms with Crippen LogP contribution < -0.4 is 21.3 Å². The normalized spacial score (nSPS) is 12.2. The van der Waals surface area contributed by atoms with Crippen LogP contribution in [0.4, 0.5) is 57.4 Å². The number of nitrogens with two attached hydrogens (primary N) is 1. The number of hydrogen-bond acceptors (Lipinski definition) is 18. The summed E-state index contributed by atoms with van der Waals surface area (Å²) in [6, 6.07) is 18.3. The molecule has 0 atom stereocenters. The van der Waals surface area contributed by atoms with Crippen molar-refractivity contribution in [2.24, 2.45) is 20.5 Å². The Morgan fingerprint density at radius 2 is 1.56 bits per heavy atom. The Hall–Kier alpha value is -6.96. The van der Waals surface area contributed by atoms with E-state index in [1.807, 2.05) is 0 Å². The van der Waals surface area contributed by atoms with E-state index in [1.54, 1.807) is 13.1 Å². The lowest BCUT2D eigenvalue weighted by atomic mass is 10.1. The van der Waals surface area contributed by atoms with E-state index >= 15 is 0 Å². The number of carbonyl (C=O) groups excluding carboxylic acids is 1. The van der Waals surface area contributed by atoms with Crippen molar-refractivity contribution in [3.05, 3.63) is 102 Å². The van der Waals surface area contributed by atoms with E-state index in [4.69, 9.17) is 17.3 Å². The molecule has 5 aromatic carbocycles. The molecular weight excluding hydrogens is 878 g/mol. The number of hydrogen-bond donors (Lipinski definition) is 6. The first kappa shape index (κ1) is 43.6. The zero-order valence-corrected chi connectivity index (χ0v) is 34.5. The lowest BCUT2D eigenvalue weighted by molar-refractivity contribution is -0.114. The van der Waals surface area contributed by atoms with Gasteiger partial charge in [0, 0.05) is 36.8 Å². The fourth-order valence-corrected chi connectivity index (χ4v) is 7.57. The highest BCUT2D eigenvalue weighted by Gasteiger charge is 2.20. The molecule has 1 aromatic heterocycles. The van der Waals surface area contributed by atoms with Gasteiger partial charge in [0.15, 0.2) is 9.84 Å². The molecule has 0 saturated heterocycles. The molecule has 0 unspecified atom stereocenters. The van der Waals surface area contributed by atoms with Crippen LogP contribution in [0.5, 0.6) is 5.75 Å². The van der Waals surface area contributed by atoms with Crippen LogP contribution in [0.15, 0.2) is 132 Å². The predicted molar refractivity (Wildman–Crippen MR) is 225 cm³/mol. The molecule has 0 radical (unpaired) electrons. The average molecular weight is 908 g/mol. The molecule has 0 aliphatic carbocycles. The van der Waals surface area contributed by atoms with Crippen LogP contribution in [0.3, 0.4) is 0 Å². The van der Waals surface area contributed by atoms with Gasteiger partial charge in [-0.1, -0.05) is 18.7 Å². The minimum Gasteiger partial charge on any atom is -0.507 e.